The summed E-state index contributed by atoms with van der Waals surface area (Å²) < 4.78 is 0.853. The van der Waals surface area contributed by atoms with Crippen molar-refractivity contribution in [2.75, 3.05) is 18.5 Å². The van der Waals surface area contributed by atoms with Crippen LogP contribution in [0.15, 0.2) is 28.7 Å². The maximum absolute atomic E-state index is 11.8. The number of hydrogen-bond acceptors (Lipinski definition) is 3. The molecule has 0 spiro atoms. The third-order valence-corrected chi connectivity index (χ3v) is 3.24. The Morgan fingerprint density at radius 3 is 2.56 bits per heavy atom. The average molecular weight is 317 g/mol. The molecule has 18 heavy (non-hydrogen) atoms. The Hall–Kier alpha value is -1.11. The topological polar surface area (TPSA) is 81.6 Å². The molecule has 0 aromatic heterocycles. The van der Waals surface area contributed by atoms with Gasteiger partial charge in [-0.15, -0.1) is 0 Å². The minimum absolute atomic E-state index is 0.314. The maximum Gasteiger partial charge on any atom is 0.319 e. The third kappa shape index (κ3) is 3.97. The smallest absolute Gasteiger partial charge is 0.319 e. The van der Waals surface area contributed by atoms with E-state index in [4.69, 9.17) is 0 Å². The van der Waals surface area contributed by atoms with E-state index in [9.17, 15) is 15.0 Å². The van der Waals surface area contributed by atoms with Crippen LogP contribution in [0, 0.1) is 0 Å². The first-order chi connectivity index (χ1) is 8.55. The first kappa shape index (κ1) is 14.9. The summed E-state index contributed by atoms with van der Waals surface area (Å²) in [7, 11) is 0. The number of rotatable bonds is 5. The van der Waals surface area contributed by atoms with Crippen molar-refractivity contribution >= 4 is 27.6 Å². The Bertz CT molecular complexity index is 400. The minimum atomic E-state index is -0.990. The molecule has 6 heteroatoms. The fraction of sp³-hybridized carbons (Fsp3) is 0.417. The van der Waals surface area contributed by atoms with Crippen LogP contribution in [-0.2, 0) is 0 Å². The highest BCUT2D eigenvalue weighted by Crippen LogP contribution is 2.16. The van der Waals surface area contributed by atoms with Gasteiger partial charge in [0.2, 0.25) is 0 Å². The summed E-state index contributed by atoms with van der Waals surface area (Å²) in [6.45, 7) is 1.16. The molecule has 0 heterocycles. The number of carbonyl (C=O) groups excluding carboxylic acids is 1. The molecule has 0 saturated carbocycles. The van der Waals surface area contributed by atoms with Gasteiger partial charge in [-0.1, -0.05) is 28.9 Å². The van der Waals surface area contributed by atoms with Crippen molar-refractivity contribution in [3.63, 3.8) is 0 Å². The lowest BCUT2D eigenvalue weighted by Gasteiger charge is -2.29. The first-order valence-electron chi connectivity index (χ1n) is 5.61. The highest BCUT2D eigenvalue weighted by Gasteiger charge is 2.28. The summed E-state index contributed by atoms with van der Waals surface area (Å²) in [6, 6.07) is 6.69. The molecular formula is C12H17BrN2O3. The summed E-state index contributed by atoms with van der Waals surface area (Å²) in [4.78, 5) is 11.8. The zero-order valence-corrected chi connectivity index (χ0v) is 11.7. The molecule has 0 aliphatic heterocycles. The minimum Gasteiger partial charge on any atom is -0.394 e. The molecule has 1 rings (SSSR count). The molecule has 0 fully saturated rings. The SMILES string of the molecule is CCC(CO)(CO)NC(=O)Nc1cccc(Br)c1. The standard InChI is InChI=1S/C12H17BrN2O3/c1-2-12(7-16,8-17)15-11(18)14-10-5-3-4-9(13)6-10/h3-6,16-17H,2,7-8H2,1H3,(H2,14,15,18). The van der Waals surface area contributed by atoms with Crippen LogP contribution in [0.1, 0.15) is 13.3 Å². The van der Waals surface area contributed by atoms with Gasteiger partial charge in [-0.25, -0.2) is 4.79 Å². The van der Waals surface area contributed by atoms with E-state index in [-0.39, 0.29) is 13.2 Å². The molecule has 0 aliphatic rings. The van der Waals surface area contributed by atoms with E-state index in [1.165, 1.54) is 0 Å². The number of hydrogen-bond donors (Lipinski definition) is 4. The van der Waals surface area contributed by atoms with Crippen LogP contribution in [0.3, 0.4) is 0 Å². The monoisotopic (exact) mass is 316 g/mol. The van der Waals surface area contributed by atoms with E-state index in [2.05, 4.69) is 26.6 Å². The Morgan fingerprint density at radius 2 is 2.06 bits per heavy atom. The fourth-order valence-electron chi connectivity index (χ4n) is 1.41. The average Bonchev–Trinajstić information content (AvgIpc) is 2.36. The van der Waals surface area contributed by atoms with E-state index in [0.717, 1.165) is 4.47 Å². The second-order valence-electron chi connectivity index (χ2n) is 4.04. The molecule has 0 unspecified atom stereocenters. The number of carbonyl (C=O) groups is 1. The van der Waals surface area contributed by atoms with Crippen LogP contribution in [0.5, 0.6) is 0 Å². The Labute approximate surface area is 114 Å². The lowest BCUT2D eigenvalue weighted by atomic mass is 9.99. The van der Waals surface area contributed by atoms with Crippen molar-refractivity contribution in [3.05, 3.63) is 28.7 Å². The van der Waals surface area contributed by atoms with Crippen molar-refractivity contribution in [2.24, 2.45) is 0 Å². The van der Waals surface area contributed by atoms with Gasteiger partial charge in [-0.05, 0) is 24.6 Å². The van der Waals surface area contributed by atoms with Gasteiger partial charge in [0.1, 0.15) is 0 Å². The predicted octanol–water partition coefficient (Wildman–Crippen LogP) is 1.70. The maximum atomic E-state index is 11.8. The predicted molar refractivity (Wildman–Crippen MR) is 73.5 cm³/mol. The lowest BCUT2D eigenvalue weighted by molar-refractivity contribution is 0.0955. The summed E-state index contributed by atoms with van der Waals surface area (Å²) >= 11 is 3.30. The number of amides is 2. The van der Waals surface area contributed by atoms with Crippen molar-refractivity contribution in [3.8, 4) is 0 Å². The van der Waals surface area contributed by atoms with Gasteiger partial charge in [-0.2, -0.15) is 0 Å². The van der Waals surface area contributed by atoms with Crippen LogP contribution < -0.4 is 10.6 Å². The Balaban J connectivity index is 2.66. The van der Waals surface area contributed by atoms with Crippen LogP contribution in [-0.4, -0.2) is 35.0 Å². The molecule has 0 saturated heterocycles. The third-order valence-electron chi connectivity index (χ3n) is 2.74. The van der Waals surface area contributed by atoms with Crippen molar-refractivity contribution in [2.45, 2.75) is 18.9 Å². The van der Waals surface area contributed by atoms with Gasteiger partial charge in [0.25, 0.3) is 0 Å². The Morgan fingerprint density at radius 1 is 1.39 bits per heavy atom. The Kier molecular flexibility index (Phi) is 5.58. The summed E-state index contributed by atoms with van der Waals surface area (Å²) in [5.74, 6) is 0. The molecule has 4 N–H and O–H groups in total. The number of benzene rings is 1. The van der Waals surface area contributed by atoms with E-state index >= 15 is 0 Å². The molecule has 1 aromatic rings. The molecular weight excluding hydrogens is 300 g/mol. The quantitative estimate of drug-likeness (QED) is 0.667. The largest absolute Gasteiger partial charge is 0.394 e. The van der Waals surface area contributed by atoms with Crippen LogP contribution in [0.2, 0.25) is 0 Å². The second kappa shape index (κ2) is 6.72. The van der Waals surface area contributed by atoms with Gasteiger partial charge < -0.3 is 20.8 Å². The fourth-order valence-corrected chi connectivity index (χ4v) is 1.81. The molecule has 1 aromatic carbocycles. The first-order valence-corrected chi connectivity index (χ1v) is 6.41. The number of halogens is 1. The van der Waals surface area contributed by atoms with Crippen LogP contribution in [0.4, 0.5) is 10.5 Å². The summed E-state index contributed by atoms with van der Waals surface area (Å²) in [5, 5.41) is 23.7. The number of aliphatic hydroxyl groups is 2. The lowest BCUT2D eigenvalue weighted by Crippen LogP contribution is -2.55. The molecule has 100 valence electrons. The molecule has 0 aliphatic carbocycles. The van der Waals surface area contributed by atoms with Crippen molar-refractivity contribution < 1.29 is 15.0 Å². The van der Waals surface area contributed by atoms with Crippen molar-refractivity contribution in [1.29, 1.82) is 0 Å². The van der Waals surface area contributed by atoms with E-state index in [1.54, 1.807) is 25.1 Å². The number of aliphatic hydroxyl groups excluding tert-OH is 2. The zero-order valence-electron chi connectivity index (χ0n) is 10.1. The van der Waals surface area contributed by atoms with Gasteiger partial charge in [0, 0.05) is 10.2 Å². The van der Waals surface area contributed by atoms with Crippen molar-refractivity contribution in [1.82, 2.24) is 5.32 Å². The van der Waals surface area contributed by atoms with Gasteiger partial charge in [0.15, 0.2) is 0 Å². The van der Waals surface area contributed by atoms with Gasteiger partial charge in [-0.3, -0.25) is 0 Å². The number of anilines is 1. The zero-order chi connectivity index (χ0) is 13.6. The van der Waals surface area contributed by atoms with Crippen LogP contribution in [0.25, 0.3) is 0 Å². The highest BCUT2D eigenvalue weighted by atomic mass is 79.9. The summed E-state index contributed by atoms with van der Waals surface area (Å²) in [5.41, 5.74) is -0.362. The van der Waals surface area contributed by atoms with E-state index in [1.807, 2.05) is 6.07 Å². The highest BCUT2D eigenvalue weighted by molar-refractivity contribution is 9.10. The molecule has 5 nitrogen and oxygen atoms in total. The van der Waals surface area contributed by atoms with Gasteiger partial charge in [0.05, 0.1) is 18.8 Å². The normalized spacial score (nSPS) is 11.1. The van der Waals surface area contributed by atoms with E-state index in [0.29, 0.717) is 12.1 Å². The number of nitrogens with one attached hydrogen (secondary N) is 2. The molecule has 2 amide bonds. The van der Waals surface area contributed by atoms with Gasteiger partial charge >= 0.3 is 6.03 Å². The molecule has 0 radical (unpaired) electrons. The van der Waals surface area contributed by atoms with Crippen LogP contribution >= 0.6 is 15.9 Å². The van der Waals surface area contributed by atoms with E-state index < -0.39 is 11.6 Å². The molecule has 0 bridgehead atoms. The second-order valence-corrected chi connectivity index (χ2v) is 4.96. The number of urea groups is 1. The summed E-state index contributed by atoms with van der Waals surface area (Å²) in [6.07, 6.45) is 0.436. The molecule has 0 atom stereocenters.